The van der Waals surface area contributed by atoms with E-state index in [9.17, 15) is 4.79 Å². The van der Waals surface area contributed by atoms with E-state index in [1.54, 1.807) is 12.1 Å². The van der Waals surface area contributed by atoms with Gasteiger partial charge in [0.1, 0.15) is 5.15 Å². The van der Waals surface area contributed by atoms with Crippen LogP contribution in [0, 0.1) is 0 Å². The lowest BCUT2D eigenvalue weighted by Crippen LogP contribution is -2.41. The Balaban J connectivity index is 1.94. The predicted molar refractivity (Wildman–Crippen MR) is 89.2 cm³/mol. The molecule has 0 bridgehead atoms. The summed E-state index contributed by atoms with van der Waals surface area (Å²) in [6.45, 7) is 0.573. The molecule has 1 aromatic heterocycles. The van der Waals surface area contributed by atoms with Crippen LogP contribution in [0.2, 0.25) is 5.15 Å². The van der Waals surface area contributed by atoms with Crippen LogP contribution in [0.4, 0.5) is 0 Å². The van der Waals surface area contributed by atoms with Gasteiger partial charge in [0.05, 0.1) is 5.56 Å². The van der Waals surface area contributed by atoms with E-state index in [1.807, 2.05) is 32.3 Å². The van der Waals surface area contributed by atoms with Crippen LogP contribution in [0.25, 0.3) is 0 Å². The predicted octanol–water partition coefficient (Wildman–Crippen LogP) is 2.64. The zero-order valence-corrected chi connectivity index (χ0v) is 13.5. The summed E-state index contributed by atoms with van der Waals surface area (Å²) in [6.07, 6.45) is 2.37. The van der Waals surface area contributed by atoms with Crippen molar-refractivity contribution in [3.63, 3.8) is 0 Å². The number of likely N-dealkylation sites (N-methyl/N-ethyl adjacent to an activating group) is 1. The molecule has 0 aliphatic carbocycles. The van der Waals surface area contributed by atoms with Gasteiger partial charge in [0.25, 0.3) is 5.91 Å². The van der Waals surface area contributed by atoms with E-state index in [1.165, 1.54) is 11.8 Å². The molecule has 0 saturated heterocycles. The summed E-state index contributed by atoms with van der Waals surface area (Å²) < 4.78 is 0. The minimum absolute atomic E-state index is 0.135. The summed E-state index contributed by atoms with van der Waals surface area (Å²) in [6, 6.07) is 13.8. The van der Waals surface area contributed by atoms with Gasteiger partial charge in [0.15, 0.2) is 0 Å². The molecule has 0 spiro atoms. The smallest absolute Gasteiger partial charge is 0.252 e. The monoisotopic (exact) mass is 317 g/mol. The second-order valence-corrected chi connectivity index (χ2v) is 5.77. The van der Waals surface area contributed by atoms with Crippen molar-refractivity contribution < 1.29 is 4.79 Å². The van der Waals surface area contributed by atoms with Crippen molar-refractivity contribution in [3.8, 4) is 0 Å². The fourth-order valence-corrected chi connectivity index (χ4v) is 2.26. The van der Waals surface area contributed by atoms with Crippen LogP contribution in [0.3, 0.4) is 0 Å². The van der Waals surface area contributed by atoms with Crippen LogP contribution < -0.4 is 5.32 Å². The summed E-state index contributed by atoms with van der Waals surface area (Å²) in [7, 11) is 4.03. The zero-order chi connectivity index (χ0) is 15.9. The molecule has 0 radical (unpaired) electrons. The zero-order valence-electron chi connectivity index (χ0n) is 12.8. The number of rotatable bonds is 6. The van der Waals surface area contributed by atoms with Gasteiger partial charge >= 0.3 is 0 Å². The van der Waals surface area contributed by atoms with E-state index in [4.69, 9.17) is 11.6 Å². The lowest BCUT2D eigenvalue weighted by atomic mass is 10.1. The first-order valence-electron chi connectivity index (χ1n) is 7.16. The third-order valence-electron chi connectivity index (χ3n) is 3.53. The Hall–Kier alpha value is -1.91. The van der Waals surface area contributed by atoms with Crippen molar-refractivity contribution in [2.75, 3.05) is 20.6 Å². The Bertz CT molecular complexity index is 599. The molecule has 1 N–H and O–H groups in total. The molecule has 1 aromatic carbocycles. The fourth-order valence-electron chi connectivity index (χ4n) is 2.15. The Morgan fingerprint density at radius 2 is 1.95 bits per heavy atom. The number of pyridine rings is 1. The molecule has 1 atom stereocenters. The molecule has 4 nitrogen and oxygen atoms in total. The number of benzene rings is 1. The summed E-state index contributed by atoms with van der Waals surface area (Å²) in [4.78, 5) is 18.2. The van der Waals surface area contributed by atoms with Crippen molar-refractivity contribution in [2.45, 2.75) is 12.5 Å². The van der Waals surface area contributed by atoms with E-state index in [-0.39, 0.29) is 11.9 Å². The van der Waals surface area contributed by atoms with Gasteiger partial charge in [-0.05, 0) is 38.2 Å². The first-order chi connectivity index (χ1) is 10.6. The highest BCUT2D eigenvalue weighted by atomic mass is 35.5. The van der Waals surface area contributed by atoms with E-state index < -0.39 is 0 Å². The molecule has 0 aliphatic heterocycles. The van der Waals surface area contributed by atoms with Crippen molar-refractivity contribution >= 4 is 17.5 Å². The molecular formula is C17H20ClN3O. The van der Waals surface area contributed by atoms with Gasteiger partial charge in [-0.25, -0.2) is 4.98 Å². The molecule has 116 valence electrons. The average molecular weight is 318 g/mol. The van der Waals surface area contributed by atoms with E-state index in [2.05, 4.69) is 27.3 Å². The number of hydrogen-bond acceptors (Lipinski definition) is 3. The Morgan fingerprint density at radius 3 is 2.55 bits per heavy atom. The number of carbonyl (C=O) groups is 1. The van der Waals surface area contributed by atoms with Crippen molar-refractivity contribution in [1.29, 1.82) is 0 Å². The average Bonchev–Trinajstić information content (AvgIpc) is 2.52. The summed E-state index contributed by atoms with van der Waals surface area (Å²) in [5, 5.41) is 3.34. The number of nitrogens with one attached hydrogen (secondary N) is 1. The highest BCUT2D eigenvalue weighted by Gasteiger charge is 2.14. The SMILES string of the molecule is CN(C)C(CNC(=O)c1ccc(Cl)nc1)Cc1ccccc1. The third-order valence-corrected chi connectivity index (χ3v) is 3.76. The van der Waals surface area contributed by atoms with Crippen LogP contribution in [0.5, 0.6) is 0 Å². The quantitative estimate of drug-likeness (QED) is 0.833. The minimum Gasteiger partial charge on any atom is -0.350 e. The number of halogens is 1. The molecule has 2 rings (SSSR count). The molecule has 1 amide bonds. The molecule has 0 aliphatic rings. The van der Waals surface area contributed by atoms with Gasteiger partial charge in [-0.15, -0.1) is 0 Å². The maximum atomic E-state index is 12.1. The van der Waals surface area contributed by atoms with Crippen LogP contribution in [0.15, 0.2) is 48.7 Å². The summed E-state index contributed by atoms with van der Waals surface area (Å²) >= 11 is 5.73. The van der Waals surface area contributed by atoms with Crippen molar-refractivity contribution in [2.24, 2.45) is 0 Å². The molecule has 1 unspecified atom stereocenters. The van der Waals surface area contributed by atoms with Gasteiger partial charge in [-0.2, -0.15) is 0 Å². The standard InChI is InChI=1S/C17H20ClN3O/c1-21(2)15(10-13-6-4-3-5-7-13)12-20-17(22)14-8-9-16(18)19-11-14/h3-9,11,15H,10,12H2,1-2H3,(H,20,22). The molecule has 0 fully saturated rings. The van der Waals surface area contributed by atoms with Gasteiger partial charge < -0.3 is 10.2 Å². The molecule has 0 saturated carbocycles. The minimum atomic E-state index is -0.135. The molecule has 22 heavy (non-hydrogen) atoms. The normalized spacial score (nSPS) is 12.2. The number of nitrogens with zero attached hydrogens (tertiary/aromatic N) is 2. The third kappa shape index (κ3) is 4.83. The second-order valence-electron chi connectivity index (χ2n) is 5.39. The van der Waals surface area contributed by atoms with Crippen LogP contribution in [-0.2, 0) is 6.42 Å². The Morgan fingerprint density at radius 1 is 1.23 bits per heavy atom. The van der Waals surface area contributed by atoms with Gasteiger partial charge in [-0.1, -0.05) is 41.9 Å². The number of aromatic nitrogens is 1. The molecule has 2 aromatic rings. The van der Waals surface area contributed by atoms with Crippen molar-refractivity contribution in [1.82, 2.24) is 15.2 Å². The first kappa shape index (κ1) is 16.5. The summed E-state index contributed by atoms with van der Waals surface area (Å²) in [5.41, 5.74) is 1.77. The Kier molecular flexibility index (Phi) is 5.92. The van der Waals surface area contributed by atoms with Crippen LogP contribution >= 0.6 is 11.6 Å². The topological polar surface area (TPSA) is 45.2 Å². The second kappa shape index (κ2) is 7.92. The van der Waals surface area contributed by atoms with Gasteiger partial charge in [-0.3, -0.25) is 4.79 Å². The van der Waals surface area contributed by atoms with E-state index in [0.717, 1.165) is 6.42 Å². The summed E-state index contributed by atoms with van der Waals surface area (Å²) in [5.74, 6) is -0.135. The number of hydrogen-bond donors (Lipinski definition) is 1. The molecule has 5 heteroatoms. The first-order valence-corrected chi connectivity index (χ1v) is 7.54. The van der Waals surface area contributed by atoms with Crippen molar-refractivity contribution in [3.05, 3.63) is 64.9 Å². The highest BCUT2D eigenvalue weighted by molar-refractivity contribution is 6.29. The molecule has 1 heterocycles. The Labute approximate surface area is 136 Å². The van der Waals surface area contributed by atoms with Crippen LogP contribution in [0.1, 0.15) is 15.9 Å². The van der Waals surface area contributed by atoms with E-state index in [0.29, 0.717) is 17.3 Å². The number of carbonyl (C=O) groups excluding carboxylic acids is 1. The van der Waals surface area contributed by atoms with Gasteiger partial charge in [0.2, 0.25) is 0 Å². The maximum Gasteiger partial charge on any atom is 0.252 e. The van der Waals surface area contributed by atoms with Crippen LogP contribution in [-0.4, -0.2) is 42.5 Å². The highest BCUT2D eigenvalue weighted by Crippen LogP contribution is 2.08. The van der Waals surface area contributed by atoms with Gasteiger partial charge in [0, 0.05) is 18.8 Å². The molecular weight excluding hydrogens is 298 g/mol. The number of amides is 1. The van der Waals surface area contributed by atoms with E-state index >= 15 is 0 Å². The largest absolute Gasteiger partial charge is 0.350 e. The lowest BCUT2D eigenvalue weighted by molar-refractivity contribution is 0.0941. The maximum absolute atomic E-state index is 12.1. The lowest BCUT2D eigenvalue weighted by Gasteiger charge is -2.24. The fraction of sp³-hybridized carbons (Fsp3) is 0.294.